The average molecular weight is 235 g/mol. The maximum Gasteiger partial charge on any atom is 0.166 e. The molecular weight excluding hydrogens is 214 g/mol. The fraction of sp³-hybridized carbons (Fsp3) is 0.846. The summed E-state index contributed by atoms with van der Waals surface area (Å²) in [5.74, 6) is 1.36. The van der Waals surface area contributed by atoms with E-state index in [1.165, 1.54) is 25.8 Å². The fourth-order valence-corrected chi connectivity index (χ4v) is 2.96. The summed E-state index contributed by atoms with van der Waals surface area (Å²) in [4.78, 5) is 13.5. The van der Waals surface area contributed by atoms with Crippen LogP contribution < -0.4 is 5.43 Å². The van der Waals surface area contributed by atoms with Crippen molar-refractivity contribution in [3.8, 4) is 0 Å². The molecule has 2 fully saturated rings. The number of carbonyl (C=O) groups is 1. The lowest BCUT2D eigenvalue weighted by molar-refractivity contribution is -0.103. The van der Waals surface area contributed by atoms with Crippen LogP contribution in [0.5, 0.6) is 0 Å². The minimum atomic E-state index is 0.362. The lowest BCUT2D eigenvalue weighted by Gasteiger charge is -2.26. The number of carbonyl (C=O) groups excluding carboxylic acids is 1. The Bertz CT molecular complexity index is 325. The van der Waals surface area contributed by atoms with Gasteiger partial charge in [-0.2, -0.15) is 5.10 Å². The zero-order valence-electron chi connectivity index (χ0n) is 10.3. The highest BCUT2D eigenvalue weighted by atomic mass is 16.1. The average Bonchev–Trinajstić information content (AvgIpc) is 3.16. The highest BCUT2D eigenvalue weighted by Gasteiger charge is 2.31. The number of nitrogens with zero attached hydrogens (tertiary/aromatic N) is 2. The van der Waals surface area contributed by atoms with E-state index in [9.17, 15) is 4.79 Å². The lowest BCUT2D eigenvalue weighted by atomic mass is 9.94. The van der Waals surface area contributed by atoms with E-state index < -0.39 is 0 Å². The molecule has 2 aliphatic heterocycles. The van der Waals surface area contributed by atoms with Crippen molar-refractivity contribution < 1.29 is 4.79 Å². The summed E-state index contributed by atoms with van der Waals surface area (Å²) in [5.41, 5.74) is 3.84. The molecule has 4 heteroatoms. The molecule has 0 aromatic rings. The summed E-state index contributed by atoms with van der Waals surface area (Å²) in [6.07, 6.45) is 7.38. The number of hydrogen-bond donors (Lipinski definition) is 1. The minimum Gasteiger partial charge on any atom is -0.307 e. The van der Waals surface area contributed by atoms with E-state index in [0.717, 1.165) is 43.8 Å². The zero-order valence-corrected chi connectivity index (χ0v) is 10.3. The molecule has 94 valence electrons. The van der Waals surface area contributed by atoms with Crippen molar-refractivity contribution in [1.29, 1.82) is 0 Å². The van der Waals surface area contributed by atoms with Crippen LogP contribution in [0.15, 0.2) is 5.10 Å². The molecule has 0 aromatic heterocycles. The number of hydrazone groups is 1. The molecule has 2 heterocycles. The normalized spacial score (nSPS) is 33.5. The van der Waals surface area contributed by atoms with Crippen molar-refractivity contribution in [2.45, 2.75) is 38.1 Å². The van der Waals surface area contributed by atoms with Crippen molar-refractivity contribution >= 4 is 12.0 Å². The number of likely N-dealkylation sites (tertiary alicyclic amines) is 1. The smallest absolute Gasteiger partial charge is 0.166 e. The van der Waals surface area contributed by atoms with Crippen molar-refractivity contribution in [1.82, 2.24) is 10.3 Å². The van der Waals surface area contributed by atoms with Crippen LogP contribution in [-0.4, -0.2) is 42.6 Å². The topological polar surface area (TPSA) is 44.7 Å². The third-order valence-electron chi connectivity index (χ3n) is 4.31. The van der Waals surface area contributed by atoms with Gasteiger partial charge in [0, 0.05) is 25.0 Å². The van der Waals surface area contributed by atoms with Crippen LogP contribution in [0.4, 0.5) is 0 Å². The van der Waals surface area contributed by atoms with Crippen molar-refractivity contribution in [2.24, 2.45) is 16.9 Å². The molecule has 17 heavy (non-hydrogen) atoms. The quantitative estimate of drug-likeness (QED) is 0.740. The maximum atomic E-state index is 11.0. The zero-order chi connectivity index (χ0) is 11.7. The predicted molar refractivity (Wildman–Crippen MR) is 66.9 cm³/mol. The van der Waals surface area contributed by atoms with Gasteiger partial charge in [-0.05, 0) is 31.7 Å². The Hall–Kier alpha value is -0.900. The van der Waals surface area contributed by atoms with Gasteiger partial charge in [0.1, 0.15) is 5.71 Å². The van der Waals surface area contributed by atoms with E-state index in [1.807, 2.05) is 0 Å². The van der Waals surface area contributed by atoms with Crippen molar-refractivity contribution in [3.63, 3.8) is 0 Å². The van der Waals surface area contributed by atoms with Gasteiger partial charge in [0.2, 0.25) is 0 Å². The number of nitrogens with one attached hydrogen (secondary N) is 1. The van der Waals surface area contributed by atoms with Crippen LogP contribution in [0.1, 0.15) is 32.1 Å². The van der Waals surface area contributed by atoms with E-state index in [0.29, 0.717) is 12.0 Å². The van der Waals surface area contributed by atoms with E-state index in [1.54, 1.807) is 0 Å². The Morgan fingerprint density at radius 1 is 1.41 bits per heavy atom. The molecule has 2 unspecified atom stereocenters. The number of fused-ring (bicyclic) bond motifs is 2. The van der Waals surface area contributed by atoms with Crippen LogP contribution >= 0.6 is 0 Å². The summed E-state index contributed by atoms with van der Waals surface area (Å²) in [6.45, 7) is 3.39. The monoisotopic (exact) mass is 235 g/mol. The predicted octanol–water partition coefficient (Wildman–Crippen LogP) is 1.03. The first-order chi connectivity index (χ1) is 8.35. The summed E-state index contributed by atoms with van der Waals surface area (Å²) in [5, 5.41) is 4.21. The maximum absolute atomic E-state index is 11.0. The Morgan fingerprint density at radius 3 is 3.06 bits per heavy atom. The summed E-state index contributed by atoms with van der Waals surface area (Å²) in [6, 6.07) is 0.481. The van der Waals surface area contributed by atoms with Gasteiger partial charge in [0.05, 0.1) is 0 Å². The first-order valence-corrected chi connectivity index (χ1v) is 6.86. The molecule has 3 rings (SSSR count). The second-order valence-corrected chi connectivity index (χ2v) is 5.73. The van der Waals surface area contributed by atoms with Gasteiger partial charge in [0.25, 0.3) is 0 Å². The molecule has 0 spiro atoms. The molecule has 1 saturated carbocycles. The molecule has 0 amide bonds. The second-order valence-electron chi connectivity index (χ2n) is 5.73. The Morgan fingerprint density at radius 2 is 2.29 bits per heavy atom. The molecule has 4 nitrogen and oxygen atoms in total. The van der Waals surface area contributed by atoms with Gasteiger partial charge in [-0.25, -0.2) is 0 Å². The highest BCUT2D eigenvalue weighted by Crippen LogP contribution is 2.33. The SMILES string of the molecule is O=CC1=NNC2CCN(CCC3CC3)CC1C2. The van der Waals surface area contributed by atoms with Crippen LogP contribution in [0.25, 0.3) is 0 Å². The van der Waals surface area contributed by atoms with Crippen LogP contribution in [0.3, 0.4) is 0 Å². The minimum absolute atomic E-state index is 0.362. The molecule has 1 aliphatic carbocycles. The van der Waals surface area contributed by atoms with Gasteiger partial charge in [-0.3, -0.25) is 4.79 Å². The summed E-state index contributed by atoms with van der Waals surface area (Å²) >= 11 is 0. The number of aldehydes is 1. The Balaban J connectivity index is 1.60. The molecule has 2 atom stereocenters. The third kappa shape index (κ3) is 2.68. The van der Waals surface area contributed by atoms with Gasteiger partial charge < -0.3 is 10.3 Å². The molecule has 1 saturated heterocycles. The molecule has 0 aromatic carbocycles. The Kier molecular flexibility index (Phi) is 3.14. The third-order valence-corrected chi connectivity index (χ3v) is 4.31. The van der Waals surface area contributed by atoms with E-state index in [2.05, 4.69) is 15.4 Å². The first-order valence-electron chi connectivity index (χ1n) is 6.86. The molecule has 3 aliphatic rings. The van der Waals surface area contributed by atoms with E-state index in [-0.39, 0.29) is 0 Å². The number of rotatable bonds is 4. The van der Waals surface area contributed by atoms with Gasteiger partial charge >= 0.3 is 0 Å². The summed E-state index contributed by atoms with van der Waals surface area (Å²) in [7, 11) is 0. The molecule has 2 bridgehead atoms. The van der Waals surface area contributed by atoms with Crippen LogP contribution in [-0.2, 0) is 4.79 Å². The Labute approximate surface area is 102 Å². The molecule has 1 N–H and O–H groups in total. The van der Waals surface area contributed by atoms with E-state index in [4.69, 9.17) is 0 Å². The lowest BCUT2D eigenvalue weighted by Crippen LogP contribution is -2.38. The molecule has 0 radical (unpaired) electrons. The van der Waals surface area contributed by atoms with Crippen molar-refractivity contribution in [2.75, 3.05) is 19.6 Å². The summed E-state index contributed by atoms with van der Waals surface area (Å²) < 4.78 is 0. The van der Waals surface area contributed by atoms with E-state index >= 15 is 0 Å². The first kappa shape index (κ1) is 11.2. The standard InChI is InChI=1S/C13H21N3O/c17-9-13-11-7-12(14-15-13)4-6-16(8-11)5-3-10-1-2-10/h9-12,14H,1-8H2. The fourth-order valence-electron chi connectivity index (χ4n) is 2.96. The van der Waals surface area contributed by atoms with Crippen molar-refractivity contribution in [3.05, 3.63) is 0 Å². The number of hydrogen-bond acceptors (Lipinski definition) is 4. The highest BCUT2D eigenvalue weighted by molar-refractivity contribution is 6.29. The van der Waals surface area contributed by atoms with Crippen LogP contribution in [0, 0.1) is 11.8 Å². The largest absolute Gasteiger partial charge is 0.307 e. The van der Waals surface area contributed by atoms with Gasteiger partial charge in [0.15, 0.2) is 6.29 Å². The molecular formula is C13H21N3O. The van der Waals surface area contributed by atoms with Crippen LogP contribution in [0.2, 0.25) is 0 Å². The second kappa shape index (κ2) is 4.77. The van der Waals surface area contributed by atoms with Gasteiger partial charge in [-0.15, -0.1) is 0 Å². The van der Waals surface area contributed by atoms with Gasteiger partial charge in [-0.1, -0.05) is 12.8 Å².